The van der Waals surface area contributed by atoms with Crippen LogP contribution >= 0.6 is 23.2 Å². The molecule has 0 aliphatic carbocycles. The van der Waals surface area contributed by atoms with Crippen molar-refractivity contribution in [2.75, 3.05) is 10.8 Å². The predicted molar refractivity (Wildman–Crippen MR) is 132 cm³/mol. The molecule has 4 aromatic rings. The standard InChI is InChI=1S/C23H21Cl2N5O4S/c1-23(2,3)34-21(31)13-30(35(32,33)18-10-15(24)9-16(25)11-18)17-5-6-19-20(12-17)29(14-28-19)22-26-7-4-8-27-22/h4-12,14H,13H2,1-3H3/p+1. The van der Waals surface area contributed by atoms with Crippen LogP contribution in [0.1, 0.15) is 20.8 Å². The molecule has 0 aliphatic heterocycles. The van der Waals surface area contributed by atoms with Crippen molar-refractivity contribution < 1.29 is 22.5 Å². The number of nitrogens with zero attached hydrogens (tertiary/aromatic N) is 4. The van der Waals surface area contributed by atoms with E-state index in [4.69, 9.17) is 27.9 Å². The Kier molecular flexibility index (Phi) is 6.72. The monoisotopic (exact) mass is 534 g/mol. The quantitative estimate of drug-likeness (QED) is 0.295. The zero-order valence-electron chi connectivity index (χ0n) is 19.1. The Morgan fingerprint density at radius 2 is 1.74 bits per heavy atom. The summed E-state index contributed by atoms with van der Waals surface area (Å²) in [5.74, 6) is -0.332. The largest absolute Gasteiger partial charge is 0.459 e. The van der Waals surface area contributed by atoms with Gasteiger partial charge in [0.1, 0.15) is 23.2 Å². The van der Waals surface area contributed by atoms with Crippen molar-refractivity contribution in [1.29, 1.82) is 0 Å². The van der Waals surface area contributed by atoms with Gasteiger partial charge in [0.2, 0.25) is 0 Å². The number of esters is 1. The molecule has 182 valence electrons. The number of fused-ring (bicyclic) bond motifs is 1. The first kappa shape index (κ1) is 24.9. The highest BCUT2D eigenvalue weighted by atomic mass is 35.5. The number of sulfonamides is 1. The summed E-state index contributed by atoms with van der Waals surface area (Å²) < 4.78 is 35.5. The summed E-state index contributed by atoms with van der Waals surface area (Å²) in [6.07, 6.45) is 4.85. The van der Waals surface area contributed by atoms with E-state index in [9.17, 15) is 13.2 Å². The van der Waals surface area contributed by atoms with Crippen LogP contribution in [0.3, 0.4) is 0 Å². The summed E-state index contributed by atoms with van der Waals surface area (Å²) in [6.45, 7) is 4.54. The van der Waals surface area contributed by atoms with E-state index in [-0.39, 0.29) is 20.6 Å². The molecule has 12 heteroatoms. The van der Waals surface area contributed by atoms with Crippen molar-refractivity contribution in [3.8, 4) is 5.95 Å². The summed E-state index contributed by atoms with van der Waals surface area (Å²) in [5.41, 5.74) is 0.733. The first-order valence-corrected chi connectivity index (χ1v) is 12.6. The van der Waals surface area contributed by atoms with Gasteiger partial charge < -0.3 is 4.74 Å². The maximum atomic E-state index is 13.7. The fourth-order valence-corrected chi connectivity index (χ4v) is 5.52. The second kappa shape index (κ2) is 9.44. The van der Waals surface area contributed by atoms with Crippen LogP contribution in [0.5, 0.6) is 0 Å². The maximum Gasteiger partial charge on any atom is 0.389 e. The fourth-order valence-electron chi connectivity index (χ4n) is 3.39. The number of carbonyl (C=O) groups excluding carboxylic acids is 1. The first-order chi connectivity index (χ1) is 16.4. The lowest BCUT2D eigenvalue weighted by molar-refractivity contribution is -0.575. The molecule has 35 heavy (non-hydrogen) atoms. The summed E-state index contributed by atoms with van der Waals surface area (Å²) in [4.78, 5) is 24.2. The minimum atomic E-state index is -4.27. The number of rotatable bonds is 6. The lowest BCUT2D eigenvalue weighted by Crippen LogP contribution is -2.39. The number of aromatic nitrogens is 4. The van der Waals surface area contributed by atoms with E-state index < -0.39 is 28.1 Å². The van der Waals surface area contributed by atoms with Crippen LogP contribution in [-0.2, 0) is 19.6 Å². The van der Waals surface area contributed by atoms with Crippen molar-refractivity contribution in [3.63, 3.8) is 0 Å². The Morgan fingerprint density at radius 3 is 2.37 bits per heavy atom. The van der Waals surface area contributed by atoms with Crippen molar-refractivity contribution >= 4 is 55.9 Å². The Morgan fingerprint density at radius 1 is 1.09 bits per heavy atom. The van der Waals surface area contributed by atoms with Gasteiger partial charge in [-0.25, -0.2) is 8.42 Å². The van der Waals surface area contributed by atoms with Crippen molar-refractivity contribution in [2.24, 2.45) is 0 Å². The second-order valence-electron chi connectivity index (χ2n) is 8.60. The number of aromatic amines is 1. The number of imidazole rings is 1. The number of nitrogens with one attached hydrogen (secondary N) is 1. The minimum Gasteiger partial charge on any atom is -0.459 e. The summed E-state index contributed by atoms with van der Waals surface area (Å²) in [6, 6.07) is 10.6. The Hall–Kier alpha value is -3.21. The number of hydrogen-bond acceptors (Lipinski definition) is 6. The van der Waals surface area contributed by atoms with Gasteiger partial charge in [-0.05, 0) is 57.2 Å². The number of hydrogen-bond donors (Lipinski definition) is 1. The van der Waals surface area contributed by atoms with Gasteiger partial charge in [0.05, 0.1) is 23.0 Å². The number of H-pyrrole nitrogens is 1. The van der Waals surface area contributed by atoms with E-state index in [2.05, 4.69) is 15.0 Å². The highest BCUT2D eigenvalue weighted by Crippen LogP contribution is 2.30. The van der Waals surface area contributed by atoms with Gasteiger partial charge in [0.25, 0.3) is 10.0 Å². The summed E-state index contributed by atoms with van der Waals surface area (Å²) in [7, 11) is -4.27. The minimum absolute atomic E-state index is 0.147. The molecule has 0 radical (unpaired) electrons. The molecule has 9 nitrogen and oxygen atoms in total. The molecule has 0 saturated heterocycles. The van der Waals surface area contributed by atoms with Gasteiger partial charge in [-0.2, -0.15) is 4.57 Å². The molecule has 2 heterocycles. The number of carbonyl (C=O) groups is 1. The van der Waals surface area contributed by atoms with Gasteiger partial charge in [-0.15, -0.1) is 9.97 Å². The first-order valence-electron chi connectivity index (χ1n) is 10.4. The van der Waals surface area contributed by atoms with Crippen LogP contribution in [0.4, 0.5) is 5.69 Å². The molecule has 0 bridgehead atoms. The summed E-state index contributed by atoms with van der Waals surface area (Å²) in [5, 5.41) is 0.293. The smallest absolute Gasteiger partial charge is 0.389 e. The molecular formula is C23H22Cl2N5O4S+. The lowest BCUT2D eigenvalue weighted by atomic mass is 10.2. The van der Waals surface area contributed by atoms with E-state index >= 15 is 0 Å². The number of benzene rings is 2. The molecule has 0 aliphatic rings. The second-order valence-corrected chi connectivity index (χ2v) is 11.3. The van der Waals surface area contributed by atoms with Gasteiger partial charge in [0.15, 0.2) is 6.33 Å². The average Bonchev–Trinajstić information content (AvgIpc) is 3.19. The van der Waals surface area contributed by atoms with Crippen LogP contribution in [0.15, 0.2) is 66.1 Å². The van der Waals surface area contributed by atoms with Gasteiger partial charge in [-0.1, -0.05) is 23.2 Å². The maximum absolute atomic E-state index is 13.7. The van der Waals surface area contributed by atoms with Crippen molar-refractivity contribution in [3.05, 3.63) is 71.2 Å². The average molecular weight is 535 g/mol. The topological polar surface area (TPSA) is 109 Å². The molecule has 2 aromatic heterocycles. The van der Waals surface area contributed by atoms with E-state index in [1.165, 1.54) is 18.2 Å². The molecule has 4 rings (SSSR count). The Balaban J connectivity index is 1.85. The molecule has 0 amide bonds. The summed E-state index contributed by atoms with van der Waals surface area (Å²) >= 11 is 12.1. The van der Waals surface area contributed by atoms with Crippen molar-refractivity contribution in [1.82, 2.24) is 15.0 Å². The van der Waals surface area contributed by atoms with E-state index in [0.29, 0.717) is 17.0 Å². The number of halogens is 2. The molecular weight excluding hydrogens is 513 g/mol. The number of ether oxygens (including phenoxy) is 1. The molecule has 0 saturated carbocycles. The van der Waals surface area contributed by atoms with Gasteiger partial charge >= 0.3 is 11.9 Å². The third kappa shape index (κ3) is 5.55. The third-order valence-corrected chi connectivity index (χ3v) is 6.95. The fraction of sp³-hybridized carbons (Fsp3) is 0.217. The van der Waals surface area contributed by atoms with Crippen LogP contribution < -0.4 is 8.87 Å². The highest BCUT2D eigenvalue weighted by Gasteiger charge is 2.31. The molecule has 0 spiro atoms. The normalized spacial score (nSPS) is 12.0. The van der Waals surface area contributed by atoms with Crippen LogP contribution in [-0.4, -0.2) is 41.5 Å². The van der Waals surface area contributed by atoms with Crippen LogP contribution in [0.2, 0.25) is 10.0 Å². The van der Waals surface area contributed by atoms with Crippen LogP contribution in [0, 0.1) is 0 Å². The van der Waals surface area contributed by atoms with Crippen molar-refractivity contribution in [2.45, 2.75) is 31.3 Å². The molecule has 0 unspecified atom stereocenters. The zero-order chi connectivity index (χ0) is 25.4. The molecule has 2 aromatic carbocycles. The molecule has 0 atom stereocenters. The van der Waals surface area contributed by atoms with E-state index in [1.54, 1.807) is 68.3 Å². The zero-order valence-corrected chi connectivity index (χ0v) is 21.4. The molecule has 0 fully saturated rings. The lowest BCUT2D eigenvalue weighted by Gasteiger charge is -2.26. The Bertz CT molecular complexity index is 1480. The number of anilines is 1. The third-order valence-electron chi connectivity index (χ3n) is 4.76. The van der Waals surface area contributed by atoms with Crippen LogP contribution in [0.25, 0.3) is 17.0 Å². The SMILES string of the molecule is CC(C)(C)OC(=O)CN(c1ccc2[nH]c[n+](-c3ncccn3)c2c1)S(=O)(=O)c1cc(Cl)cc(Cl)c1. The molecule has 1 N–H and O–H groups in total. The van der Waals surface area contributed by atoms with Gasteiger partial charge in [0, 0.05) is 16.1 Å². The Labute approximate surface area is 212 Å². The van der Waals surface area contributed by atoms with Gasteiger partial charge in [-0.3, -0.25) is 14.1 Å². The predicted octanol–water partition coefficient (Wildman–Crippen LogP) is 4.08. The van der Waals surface area contributed by atoms with E-state index in [0.717, 1.165) is 4.31 Å². The van der Waals surface area contributed by atoms with E-state index in [1.807, 2.05) is 0 Å². The highest BCUT2D eigenvalue weighted by molar-refractivity contribution is 7.92.